The van der Waals surface area contributed by atoms with Gasteiger partial charge in [0.15, 0.2) is 0 Å². The summed E-state index contributed by atoms with van der Waals surface area (Å²) in [5.74, 6) is -0.0373. The van der Waals surface area contributed by atoms with E-state index in [0.29, 0.717) is 46.5 Å². The van der Waals surface area contributed by atoms with Gasteiger partial charge in [-0.3, -0.25) is 14.5 Å². The molecule has 0 aliphatic carbocycles. The molecule has 0 aromatic heterocycles. The number of methoxy groups -OCH3 is 3. The second-order valence-electron chi connectivity index (χ2n) is 6.63. The van der Waals surface area contributed by atoms with Gasteiger partial charge in [0.1, 0.15) is 11.5 Å². The molecule has 10 heteroatoms. The van der Waals surface area contributed by atoms with Crippen LogP contribution < -0.4 is 20.1 Å². The van der Waals surface area contributed by atoms with Gasteiger partial charge in [0.2, 0.25) is 0 Å². The molecule has 3 rings (SSSR count). The molecular formula is C21H22ClN3O6. The lowest BCUT2D eigenvalue weighted by Crippen LogP contribution is -2.31. The Hall–Kier alpha value is -3.30. The minimum absolute atomic E-state index is 0.242. The first-order chi connectivity index (χ1) is 14.9. The van der Waals surface area contributed by atoms with Crippen molar-refractivity contribution < 1.29 is 28.6 Å². The average molecular weight is 448 g/mol. The summed E-state index contributed by atoms with van der Waals surface area (Å²) in [5, 5.41) is 5.63. The number of imide groups is 1. The van der Waals surface area contributed by atoms with Gasteiger partial charge in [-0.25, -0.2) is 4.79 Å². The fourth-order valence-electron chi connectivity index (χ4n) is 3.18. The molecule has 0 atom stereocenters. The van der Waals surface area contributed by atoms with E-state index in [4.69, 9.17) is 25.8 Å². The van der Waals surface area contributed by atoms with Crippen LogP contribution in [-0.2, 0) is 4.74 Å². The van der Waals surface area contributed by atoms with Crippen LogP contribution >= 0.6 is 11.6 Å². The summed E-state index contributed by atoms with van der Waals surface area (Å²) in [6, 6.07) is 7.04. The normalized spacial score (nSPS) is 12.6. The van der Waals surface area contributed by atoms with E-state index in [-0.39, 0.29) is 18.0 Å². The number of urea groups is 1. The number of benzene rings is 2. The number of fused-ring (bicyclic) bond motifs is 1. The predicted octanol–water partition coefficient (Wildman–Crippen LogP) is 3.63. The fraction of sp³-hybridized carbons (Fsp3) is 0.286. The SMILES string of the molecule is COCCCN1C(=O)c2ccc(NC(=O)Nc3cc(OC)c(Cl)cc3OC)cc2C1=O. The van der Waals surface area contributed by atoms with Crippen molar-refractivity contribution >= 4 is 40.8 Å². The first kappa shape index (κ1) is 22.4. The van der Waals surface area contributed by atoms with Crippen molar-refractivity contribution in [3.8, 4) is 11.5 Å². The van der Waals surface area contributed by atoms with E-state index in [1.165, 1.54) is 43.4 Å². The maximum atomic E-state index is 12.6. The van der Waals surface area contributed by atoms with Crippen LogP contribution in [0.25, 0.3) is 0 Å². The van der Waals surface area contributed by atoms with Crippen LogP contribution in [0.1, 0.15) is 27.1 Å². The maximum absolute atomic E-state index is 12.6. The molecule has 9 nitrogen and oxygen atoms in total. The Balaban J connectivity index is 1.74. The van der Waals surface area contributed by atoms with E-state index >= 15 is 0 Å². The average Bonchev–Trinajstić information content (AvgIpc) is 2.99. The second kappa shape index (κ2) is 9.67. The van der Waals surface area contributed by atoms with Crippen LogP contribution in [0.3, 0.4) is 0 Å². The van der Waals surface area contributed by atoms with E-state index in [1.54, 1.807) is 13.2 Å². The zero-order valence-corrected chi connectivity index (χ0v) is 18.0. The Labute approximate surface area is 184 Å². The van der Waals surface area contributed by atoms with Gasteiger partial charge in [0.05, 0.1) is 36.1 Å². The molecular weight excluding hydrogens is 426 g/mol. The Morgan fingerprint density at radius 3 is 2.35 bits per heavy atom. The highest BCUT2D eigenvalue weighted by Crippen LogP contribution is 2.36. The number of hydrogen-bond donors (Lipinski definition) is 2. The van der Waals surface area contributed by atoms with Crippen molar-refractivity contribution in [2.45, 2.75) is 6.42 Å². The van der Waals surface area contributed by atoms with Crippen LogP contribution in [0.2, 0.25) is 5.02 Å². The van der Waals surface area contributed by atoms with Crippen molar-refractivity contribution in [2.75, 3.05) is 45.1 Å². The molecule has 0 bridgehead atoms. The quantitative estimate of drug-likeness (QED) is 0.472. The summed E-state index contributed by atoms with van der Waals surface area (Å²) in [7, 11) is 4.46. The van der Waals surface area contributed by atoms with Gasteiger partial charge in [0.25, 0.3) is 11.8 Å². The summed E-state index contributed by atoms with van der Waals surface area (Å²) in [6.45, 7) is 0.709. The van der Waals surface area contributed by atoms with Crippen LogP contribution in [0, 0.1) is 0 Å². The Kier molecular flexibility index (Phi) is 6.98. The van der Waals surface area contributed by atoms with Gasteiger partial charge in [-0.15, -0.1) is 0 Å². The summed E-state index contributed by atoms with van der Waals surface area (Å²) in [4.78, 5) is 38.7. The first-order valence-electron chi connectivity index (χ1n) is 9.38. The highest BCUT2D eigenvalue weighted by molar-refractivity contribution is 6.32. The largest absolute Gasteiger partial charge is 0.495 e. The predicted molar refractivity (Wildman–Crippen MR) is 115 cm³/mol. The highest BCUT2D eigenvalue weighted by atomic mass is 35.5. The van der Waals surface area contributed by atoms with Gasteiger partial charge in [0, 0.05) is 38.1 Å². The standard InChI is InChI=1S/C21H22ClN3O6/c1-29-8-4-7-25-19(26)13-6-5-12(9-14(13)20(25)27)23-21(28)24-16-11-17(30-2)15(22)10-18(16)31-3/h5-6,9-11H,4,7-8H2,1-3H3,(H2,23,24,28). The lowest BCUT2D eigenvalue weighted by Gasteiger charge is -2.14. The summed E-state index contributed by atoms with van der Waals surface area (Å²) >= 11 is 6.07. The molecule has 1 aliphatic heterocycles. The molecule has 164 valence electrons. The van der Waals surface area contributed by atoms with Gasteiger partial charge in [-0.2, -0.15) is 0 Å². The summed E-state index contributed by atoms with van der Waals surface area (Å²) < 4.78 is 15.4. The third-order valence-corrected chi connectivity index (χ3v) is 4.98. The second-order valence-corrected chi connectivity index (χ2v) is 7.04. The first-order valence-corrected chi connectivity index (χ1v) is 9.76. The lowest BCUT2D eigenvalue weighted by atomic mass is 10.1. The van der Waals surface area contributed by atoms with Gasteiger partial charge >= 0.3 is 6.03 Å². The van der Waals surface area contributed by atoms with Crippen molar-refractivity contribution in [3.05, 3.63) is 46.5 Å². The van der Waals surface area contributed by atoms with E-state index in [0.717, 1.165) is 0 Å². The third kappa shape index (κ3) is 4.73. The van der Waals surface area contributed by atoms with Gasteiger partial charge < -0.3 is 24.8 Å². The molecule has 2 aromatic rings. The molecule has 4 amide bonds. The number of carbonyl (C=O) groups is 3. The summed E-state index contributed by atoms with van der Waals surface area (Å²) in [5.41, 5.74) is 1.25. The molecule has 0 saturated carbocycles. The number of ether oxygens (including phenoxy) is 3. The molecule has 1 heterocycles. The Morgan fingerprint density at radius 1 is 0.968 bits per heavy atom. The van der Waals surface area contributed by atoms with Gasteiger partial charge in [-0.1, -0.05) is 11.6 Å². The molecule has 31 heavy (non-hydrogen) atoms. The molecule has 1 aliphatic rings. The zero-order chi connectivity index (χ0) is 22.5. The zero-order valence-electron chi connectivity index (χ0n) is 17.3. The van der Waals surface area contributed by atoms with Crippen molar-refractivity contribution in [1.82, 2.24) is 4.90 Å². The molecule has 0 fully saturated rings. The number of anilines is 2. The van der Waals surface area contributed by atoms with Gasteiger partial charge in [-0.05, 0) is 24.6 Å². The van der Waals surface area contributed by atoms with Crippen LogP contribution in [-0.4, -0.2) is 57.2 Å². The van der Waals surface area contributed by atoms with E-state index < -0.39 is 11.9 Å². The molecule has 2 aromatic carbocycles. The van der Waals surface area contributed by atoms with E-state index in [1.807, 2.05) is 0 Å². The van der Waals surface area contributed by atoms with Crippen molar-refractivity contribution in [2.24, 2.45) is 0 Å². The minimum Gasteiger partial charge on any atom is -0.495 e. The Bertz CT molecular complexity index is 1030. The minimum atomic E-state index is -0.573. The number of nitrogens with zero attached hydrogens (tertiary/aromatic N) is 1. The van der Waals surface area contributed by atoms with Crippen molar-refractivity contribution in [1.29, 1.82) is 0 Å². The van der Waals surface area contributed by atoms with Crippen LogP contribution in [0.4, 0.5) is 16.2 Å². The number of nitrogens with one attached hydrogen (secondary N) is 2. The molecule has 2 N–H and O–H groups in total. The highest BCUT2D eigenvalue weighted by Gasteiger charge is 2.35. The molecule has 0 radical (unpaired) electrons. The lowest BCUT2D eigenvalue weighted by molar-refractivity contribution is 0.0638. The number of halogens is 1. The molecule has 0 spiro atoms. The monoisotopic (exact) mass is 447 g/mol. The van der Waals surface area contributed by atoms with E-state index in [2.05, 4.69) is 10.6 Å². The topological polar surface area (TPSA) is 106 Å². The number of carbonyl (C=O) groups excluding carboxylic acids is 3. The summed E-state index contributed by atoms with van der Waals surface area (Å²) in [6.07, 6.45) is 0.544. The number of amides is 4. The maximum Gasteiger partial charge on any atom is 0.323 e. The number of hydrogen-bond acceptors (Lipinski definition) is 6. The third-order valence-electron chi connectivity index (χ3n) is 4.68. The molecule has 0 unspecified atom stereocenters. The van der Waals surface area contributed by atoms with Crippen LogP contribution in [0.15, 0.2) is 30.3 Å². The van der Waals surface area contributed by atoms with Crippen molar-refractivity contribution in [3.63, 3.8) is 0 Å². The number of rotatable bonds is 8. The molecule has 0 saturated heterocycles. The Morgan fingerprint density at radius 2 is 1.68 bits per heavy atom. The smallest absolute Gasteiger partial charge is 0.323 e. The van der Waals surface area contributed by atoms with Crippen LogP contribution in [0.5, 0.6) is 11.5 Å². The fourth-order valence-corrected chi connectivity index (χ4v) is 3.41. The van der Waals surface area contributed by atoms with E-state index in [9.17, 15) is 14.4 Å².